The molecule has 0 atom stereocenters. The van der Waals surface area contributed by atoms with Gasteiger partial charge < -0.3 is 9.64 Å². The minimum atomic E-state index is -0.454. The van der Waals surface area contributed by atoms with E-state index in [0.29, 0.717) is 42.6 Å². The van der Waals surface area contributed by atoms with Gasteiger partial charge in [0, 0.05) is 24.7 Å². The highest BCUT2D eigenvalue weighted by atomic mass is 19.1. The Hall–Kier alpha value is -3.29. The molecule has 1 fully saturated rings. The molecule has 1 aliphatic heterocycles. The van der Waals surface area contributed by atoms with E-state index in [0.717, 1.165) is 5.56 Å². The number of halogens is 1. The van der Waals surface area contributed by atoms with Crippen LogP contribution in [0.1, 0.15) is 34.8 Å². The number of aryl methyl sites for hydroxylation is 1. The van der Waals surface area contributed by atoms with Gasteiger partial charge in [-0.05, 0) is 55.7 Å². The van der Waals surface area contributed by atoms with Crippen molar-refractivity contribution in [2.24, 2.45) is 0 Å². The van der Waals surface area contributed by atoms with Gasteiger partial charge in [-0.1, -0.05) is 5.21 Å². The normalized spacial score (nSPS) is 14.9. The molecule has 3 aromatic rings. The number of carbonyl (C=O) groups excluding carboxylic acids is 1. The van der Waals surface area contributed by atoms with E-state index >= 15 is 0 Å². The lowest BCUT2D eigenvalue weighted by Crippen LogP contribution is -2.41. The van der Waals surface area contributed by atoms with Crippen LogP contribution in [0.3, 0.4) is 0 Å². The van der Waals surface area contributed by atoms with Crippen LogP contribution in [0, 0.1) is 12.7 Å². The van der Waals surface area contributed by atoms with Crippen LogP contribution in [0.15, 0.2) is 41.2 Å². The summed E-state index contributed by atoms with van der Waals surface area (Å²) in [5.41, 5.74) is 1.47. The van der Waals surface area contributed by atoms with Crippen LogP contribution in [0.25, 0.3) is 10.9 Å². The third-order valence-electron chi connectivity index (χ3n) is 5.41. The summed E-state index contributed by atoms with van der Waals surface area (Å²) in [6.07, 6.45) is 1.20. The zero-order valence-corrected chi connectivity index (χ0v) is 16.3. The summed E-state index contributed by atoms with van der Waals surface area (Å²) >= 11 is 0. The van der Waals surface area contributed by atoms with Gasteiger partial charge in [0.1, 0.15) is 17.1 Å². The Labute approximate surface area is 166 Å². The second-order valence-electron chi connectivity index (χ2n) is 7.20. The van der Waals surface area contributed by atoms with Crippen LogP contribution in [-0.4, -0.2) is 46.0 Å². The number of piperidine rings is 1. The van der Waals surface area contributed by atoms with Crippen LogP contribution in [-0.2, 0) is 0 Å². The number of rotatable bonds is 3. The summed E-state index contributed by atoms with van der Waals surface area (Å²) in [4.78, 5) is 27.4. The molecular formula is C21H21FN4O3. The quantitative estimate of drug-likeness (QED) is 0.680. The number of amides is 1. The molecule has 0 spiro atoms. The molecule has 0 radical (unpaired) electrons. The Morgan fingerprint density at radius 2 is 1.93 bits per heavy atom. The molecule has 29 heavy (non-hydrogen) atoms. The Morgan fingerprint density at radius 3 is 2.62 bits per heavy atom. The average Bonchev–Trinajstić information content (AvgIpc) is 2.73. The summed E-state index contributed by atoms with van der Waals surface area (Å²) < 4.78 is 19.9. The van der Waals surface area contributed by atoms with E-state index in [1.165, 1.54) is 22.9 Å². The van der Waals surface area contributed by atoms with Crippen molar-refractivity contribution < 1.29 is 13.9 Å². The number of methoxy groups -OCH3 is 1. The van der Waals surface area contributed by atoms with E-state index in [-0.39, 0.29) is 23.0 Å². The van der Waals surface area contributed by atoms with Crippen LogP contribution < -0.4 is 10.3 Å². The zero-order valence-electron chi connectivity index (χ0n) is 16.3. The number of ether oxygens (including phenoxy) is 1. The number of carbonyl (C=O) groups is 1. The van der Waals surface area contributed by atoms with E-state index in [1.807, 2.05) is 13.0 Å². The molecule has 0 unspecified atom stereocenters. The predicted molar refractivity (Wildman–Crippen MR) is 106 cm³/mol. The highest BCUT2D eigenvalue weighted by molar-refractivity contribution is 5.95. The van der Waals surface area contributed by atoms with E-state index in [4.69, 9.17) is 4.74 Å². The Bertz CT molecular complexity index is 1140. The van der Waals surface area contributed by atoms with Crippen LogP contribution >= 0.6 is 0 Å². The number of hydrogen-bond acceptors (Lipinski definition) is 5. The maximum Gasteiger partial charge on any atom is 0.277 e. The van der Waals surface area contributed by atoms with Gasteiger partial charge in [0.25, 0.3) is 11.5 Å². The number of likely N-dealkylation sites (tertiary alicyclic amines) is 1. The lowest BCUT2D eigenvalue weighted by Gasteiger charge is -2.32. The third-order valence-corrected chi connectivity index (χ3v) is 5.41. The largest absolute Gasteiger partial charge is 0.497 e. The van der Waals surface area contributed by atoms with Crippen LogP contribution in [0.5, 0.6) is 5.75 Å². The van der Waals surface area contributed by atoms with Crippen LogP contribution in [0.4, 0.5) is 4.39 Å². The van der Waals surface area contributed by atoms with Gasteiger partial charge in [-0.2, -0.15) is 0 Å². The molecule has 2 aromatic carbocycles. The molecule has 1 saturated heterocycles. The molecule has 150 valence electrons. The number of nitrogens with zero attached hydrogens (tertiary/aromatic N) is 4. The maximum absolute atomic E-state index is 13.3. The fourth-order valence-corrected chi connectivity index (χ4v) is 3.75. The standard InChI is InChI=1S/C21H21FN4O3/c1-13-11-16(29-2)4-6-17(13)20(27)25-9-7-15(8-10-25)26-21(28)18-5-3-14(22)12-19(18)23-24-26/h3-6,11-12,15H,7-10H2,1-2H3. The molecule has 1 aromatic heterocycles. The first-order chi connectivity index (χ1) is 14.0. The van der Waals surface area contributed by atoms with Gasteiger partial charge in [-0.3, -0.25) is 9.59 Å². The first-order valence-corrected chi connectivity index (χ1v) is 9.46. The minimum absolute atomic E-state index is 0.0315. The molecule has 8 heteroatoms. The predicted octanol–water partition coefficient (Wildman–Crippen LogP) is 2.72. The first kappa shape index (κ1) is 19.0. The van der Waals surface area contributed by atoms with Crippen molar-refractivity contribution in [2.45, 2.75) is 25.8 Å². The summed E-state index contributed by atoms with van der Waals surface area (Å²) in [5.74, 6) is 0.229. The lowest BCUT2D eigenvalue weighted by molar-refractivity contribution is 0.0686. The molecule has 0 saturated carbocycles. The number of hydrogen-bond donors (Lipinski definition) is 0. The minimum Gasteiger partial charge on any atom is -0.497 e. The summed E-state index contributed by atoms with van der Waals surface area (Å²) in [6, 6.07) is 9.13. The second-order valence-corrected chi connectivity index (χ2v) is 7.20. The molecule has 7 nitrogen and oxygen atoms in total. The highest BCUT2D eigenvalue weighted by Gasteiger charge is 2.27. The fraction of sp³-hybridized carbons (Fsp3) is 0.333. The molecule has 1 amide bonds. The van der Waals surface area contributed by atoms with Crippen molar-refractivity contribution in [3.05, 3.63) is 63.7 Å². The van der Waals surface area contributed by atoms with Gasteiger partial charge in [0.15, 0.2) is 0 Å². The first-order valence-electron chi connectivity index (χ1n) is 9.46. The van der Waals surface area contributed by atoms with Gasteiger partial charge >= 0.3 is 0 Å². The summed E-state index contributed by atoms with van der Waals surface area (Å²) in [5, 5.41) is 8.33. The van der Waals surface area contributed by atoms with Crippen molar-refractivity contribution in [2.75, 3.05) is 20.2 Å². The second kappa shape index (κ2) is 7.62. The summed E-state index contributed by atoms with van der Waals surface area (Å²) in [6.45, 7) is 2.92. The van der Waals surface area contributed by atoms with Gasteiger partial charge in [-0.15, -0.1) is 5.10 Å². The third kappa shape index (κ3) is 3.57. The van der Waals surface area contributed by atoms with Gasteiger partial charge in [-0.25, -0.2) is 9.07 Å². The van der Waals surface area contributed by atoms with E-state index in [9.17, 15) is 14.0 Å². The molecule has 4 rings (SSSR count). The Kier molecular flexibility index (Phi) is 5.00. The molecule has 1 aliphatic rings. The maximum atomic E-state index is 13.3. The lowest BCUT2D eigenvalue weighted by atomic mass is 10.0. The highest BCUT2D eigenvalue weighted by Crippen LogP contribution is 2.24. The number of benzene rings is 2. The fourth-order valence-electron chi connectivity index (χ4n) is 3.75. The van der Waals surface area contributed by atoms with Crippen molar-refractivity contribution in [3.8, 4) is 5.75 Å². The smallest absolute Gasteiger partial charge is 0.277 e. The molecule has 0 aliphatic carbocycles. The Morgan fingerprint density at radius 1 is 1.17 bits per heavy atom. The Balaban J connectivity index is 1.50. The number of aromatic nitrogens is 3. The van der Waals surface area contributed by atoms with Crippen molar-refractivity contribution in [1.29, 1.82) is 0 Å². The van der Waals surface area contributed by atoms with Crippen LogP contribution in [0.2, 0.25) is 0 Å². The molecule has 2 heterocycles. The average molecular weight is 396 g/mol. The van der Waals surface area contributed by atoms with E-state index < -0.39 is 5.82 Å². The topological polar surface area (TPSA) is 77.3 Å². The van der Waals surface area contributed by atoms with Gasteiger partial charge in [0.2, 0.25) is 0 Å². The van der Waals surface area contributed by atoms with Crippen molar-refractivity contribution in [1.82, 2.24) is 19.9 Å². The molecule has 0 bridgehead atoms. The monoisotopic (exact) mass is 396 g/mol. The van der Waals surface area contributed by atoms with E-state index in [2.05, 4.69) is 10.3 Å². The summed E-state index contributed by atoms with van der Waals surface area (Å²) in [7, 11) is 1.59. The van der Waals surface area contributed by atoms with Gasteiger partial charge in [0.05, 0.1) is 18.5 Å². The van der Waals surface area contributed by atoms with Crippen molar-refractivity contribution in [3.63, 3.8) is 0 Å². The zero-order chi connectivity index (χ0) is 20.5. The molecular weight excluding hydrogens is 375 g/mol. The number of fused-ring (bicyclic) bond motifs is 1. The SMILES string of the molecule is COc1ccc(C(=O)N2CCC(n3nnc4cc(F)ccc4c3=O)CC2)c(C)c1. The van der Waals surface area contributed by atoms with Crippen molar-refractivity contribution >= 4 is 16.8 Å². The van der Waals surface area contributed by atoms with E-state index in [1.54, 1.807) is 24.1 Å². The molecule has 0 N–H and O–H groups in total.